The molecule has 0 fully saturated rings. The maximum Gasteiger partial charge on any atom is -0.0395 e. The van der Waals surface area contributed by atoms with E-state index >= 15 is 0 Å². The Morgan fingerprint density at radius 1 is 0.667 bits per heavy atom. The third-order valence-electron chi connectivity index (χ3n) is 1.43. The van der Waals surface area contributed by atoms with Crippen molar-refractivity contribution >= 4 is 0 Å². The Morgan fingerprint density at radius 3 is 1.08 bits per heavy atom. The van der Waals surface area contributed by atoms with Crippen LogP contribution in [-0.4, -0.2) is 0 Å². The molecule has 0 aliphatic heterocycles. The lowest BCUT2D eigenvalue weighted by molar-refractivity contribution is 1.34. The van der Waals surface area contributed by atoms with E-state index in [0.717, 1.165) is 0 Å². The molecule has 0 atom stereocenters. The summed E-state index contributed by atoms with van der Waals surface area (Å²) in [7, 11) is 0. The Kier molecular flexibility index (Phi) is 11.7. The third-order valence-corrected chi connectivity index (χ3v) is 1.43. The average molecular weight is 166 g/mol. The van der Waals surface area contributed by atoms with Crippen LogP contribution >= 0.6 is 0 Å². The van der Waals surface area contributed by atoms with Crippen LogP contribution in [0.1, 0.15) is 38.8 Å². The summed E-state index contributed by atoms with van der Waals surface area (Å²) < 4.78 is 0. The Labute approximate surface area is 77.6 Å². The number of rotatable bonds is 0. The van der Waals surface area contributed by atoms with Crippen LogP contribution in [0.2, 0.25) is 0 Å². The maximum absolute atomic E-state index is 2.12. The van der Waals surface area contributed by atoms with Gasteiger partial charge in [0.2, 0.25) is 0 Å². The van der Waals surface area contributed by atoms with Crippen molar-refractivity contribution in [3.63, 3.8) is 0 Å². The summed E-state index contributed by atoms with van der Waals surface area (Å²) in [5.74, 6) is 0. The van der Waals surface area contributed by atoms with E-state index in [1.54, 1.807) is 0 Å². The van der Waals surface area contributed by atoms with E-state index in [2.05, 4.69) is 38.1 Å². The van der Waals surface area contributed by atoms with E-state index < -0.39 is 0 Å². The Bertz CT molecular complexity index is 156. The quantitative estimate of drug-likeness (QED) is 0.537. The fourth-order valence-corrected chi connectivity index (χ4v) is 0.663. The summed E-state index contributed by atoms with van der Waals surface area (Å²) in [6.45, 7) is 12.2. The van der Waals surface area contributed by atoms with E-state index in [0.29, 0.717) is 0 Å². The van der Waals surface area contributed by atoms with E-state index in [4.69, 9.17) is 0 Å². The molecule has 0 heterocycles. The monoisotopic (exact) mass is 166 g/mol. The first-order valence-electron chi connectivity index (χ1n) is 4.83. The second-order valence-corrected chi connectivity index (χ2v) is 2.08. The van der Waals surface area contributed by atoms with Gasteiger partial charge in [-0.25, -0.2) is 0 Å². The molecule has 0 N–H and O–H groups in total. The second-order valence-electron chi connectivity index (χ2n) is 2.08. The zero-order valence-electron chi connectivity index (χ0n) is 9.31. The molecule has 1 aromatic carbocycles. The van der Waals surface area contributed by atoms with Crippen LogP contribution in [0.3, 0.4) is 0 Å². The van der Waals surface area contributed by atoms with Crippen LogP contribution in [0.5, 0.6) is 0 Å². The summed E-state index contributed by atoms with van der Waals surface area (Å²) in [6, 6.07) is 8.36. The summed E-state index contributed by atoms with van der Waals surface area (Å²) in [5, 5.41) is 0. The van der Waals surface area contributed by atoms with Gasteiger partial charge in [-0.2, -0.15) is 0 Å². The van der Waals surface area contributed by atoms with Gasteiger partial charge in [0.1, 0.15) is 0 Å². The minimum Gasteiger partial charge on any atom is -0.0683 e. The molecule has 1 aromatic rings. The molecule has 0 unspecified atom stereocenters. The van der Waals surface area contributed by atoms with Gasteiger partial charge in [-0.05, 0) is 25.0 Å². The molecule has 1 rings (SSSR count). The number of benzene rings is 1. The van der Waals surface area contributed by atoms with Crippen LogP contribution < -0.4 is 0 Å². The molecule has 0 amide bonds. The maximum atomic E-state index is 2.12. The summed E-state index contributed by atoms with van der Waals surface area (Å²) in [4.78, 5) is 0. The smallest absolute Gasteiger partial charge is 0.0395 e. The standard InChI is InChI=1S/C8H10.2C2H6/c1-7-5-3-4-6-8(7)2;2*1-2/h3-6H,1-2H3;2*1-2H3. The molecule has 0 aliphatic rings. The molecular weight excluding hydrogens is 144 g/mol. The molecule has 70 valence electrons. The fourth-order valence-electron chi connectivity index (χ4n) is 0.663. The third kappa shape index (κ3) is 5.96. The Morgan fingerprint density at radius 2 is 0.917 bits per heavy atom. The van der Waals surface area contributed by atoms with Gasteiger partial charge >= 0.3 is 0 Å². The lowest BCUT2D eigenvalue weighted by Gasteiger charge is -1.93. The predicted molar refractivity (Wildman–Crippen MR) is 58.6 cm³/mol. The van der Waals surface area contributed by atoms with Crippen molar-refractivity contribution < 1.29 is 0 Å². The minimum atomic E-state index is 1.37. The van der Waals surface area contributed by atoms with Gasteiger partial charge in [-0.15, -0.1) is 0 Å². The van der Waals surface area contributed by atoms with Gasteiger partial charge < -0.3 is 0 Å². The molecule has 0 bridgehead atoms. The topological polar surface area (TPSA) is 0 Å². The molecular formula is C12H22. The fraction of sp³-hybridized carbons (Fsp3) is 0.500. The number of hydrogen-bond donors (Lipinski definition) is 0. The summed E-state index contributed by atoms with van der Waals surface area (Å²) in [6.07, 6.45) is 0. The lowest BCUT2D eigenvalue weighted by Crippen LogP contribution is -1.74. The van der Waals surface area contributed by atoms with Crippen LogP contribution in [0.4, 0.5) is 0 Å². The van der Waals surface area contributed by atoms with Crippen molar-refractivity contribution in [3.8, 4) is 0 Å². The van der Waals surface area contributed by atoms with Crippen molar-refractivity contribution in [1.29, 1.82) is 0 Å². The van der Waals surface area contributed by atoms with Crippen molar-refractivity contribution in [2.45, 2.75) is 41.5 Å². The van der Waals surface area contributed by atoms with E-state index in [-0.39, 0.29) is 0 Å². The highest BCUT2D eigenvalue weighted by molar-refractivity contribution is 5.23. The van der Waals surface area contributed by atoms with Gasteiger partial charge in [-0.3, -0.25) is 0 Å². The number of hydrogen-bond acceptors (Lipinski definition) is 0. The van der Waals surface area contributed by atoms with Gasteiger partial charge in [0.05, 0.1) is 0 Å². The van der Waals surface area contributed by atoms with Gasteiger partial charge in [-0.1, -0.05) is 52.0 Å². The highest BCUT2D eigenvalue weighted by atomic mass is 13.9. The molecule has 0 saturated heterocycles. The van der Waals surface area contributed by atoms with Crippen molar-refractivity contribution in [2.24, 2.45) is 0 Å². The highest BCUT2D eigenvalue weighted by Gasteiger charge is 1.83. The summed E-state index contributed by atoms with van der Waals surface area (Å²) >= 11 is 0. The summed E-state index contributed by atoms with van der Waals surface area (Å²) in [5.41, 5.74) is 2.74. The van der Waals surface area contributed by atoms with Crippen LogP contribution in [0, 0.1) is 13.8 Å². The molecule has 0 aromatic heterocycles. The van der Waals surface area contributed by atoms with Crippen molar-refractivity contribution in [2.75, 3.05) is 0 Å². The number of aryl methyl sites for hydroxylation is 2. The molecule has 0 saturated carbocycles. The highest BCUT2D eigenvalue weighted by Crippen LogP contribution is 2.02. The first-order chi connectivity index (χ1) is 5.80. The minimum absolute atomic E-state index is 1.37. The first-order valence-corrected chi connectivity index (χ1v) is 4.83. The normalized spacial score (nSPS) is 7.17. The van der Waals surface area contributed by atoms with E-state index in [9.17, 15) is 0 Å². The largest absolute Gasteiger partial charge is 0.0683 e. The zero-order chi connectivity index (χ0) is 9.98. The van der Waals surface area contributed by atoms with Gasteiger partial charge in [0.25, 0.3) is 0 Å². The van der Waals surface area contributed by atoms with E-state index in [1.165, 1.54) is 11.1 Å². The van der Waals surface area contributed by atoms with E-state index in [1.807, 2.05) is 27.7 Å². The van der Waals surface area contributed by atoms with Crippen molar-refractivity contribution in [3.05, 3.63) is 35.4 Å². The molecule has 12 heavy (non-hydrogen) atoms. The first kappa shape index (κ1) is 13.8. The Balaban J connectivity index is 0. The second kappa shape index (κ2) is 10.2. The van der Waals surface area contributed by atoms with Crippen LogP contribution in [0.25, 0.3) is 0 Å². The predicted octanol–water partition coefficient (Wildman–Crippen LogP) is 4.36. The molecule has 0 spiro atoms. The Hall–Kier alpha value is -0.780. The molecule has 0 aliphatic carbocycles. The van der Waals surface area contributed by atoms with Gasteiger partial charge in [0, 0.05) is 0 Å². The van der Waals surface area contributed by atoms with Crippen molar-refractivity contribution in [1.82, 2.24) is 0 Å². The average Bonchev–Trinajstić information content (AvgIpc) is 2.17. The molecule has 0 nitrogen and oxygen atoms in total. The van der Waals surface area contributed by atoms with Crippen LogP contribution in [0.15, 0.2) is 24.3 Å². The SMILES string of the molecule is CC.CC.Cc1ccccc1C. The van der Waals surface area contributed by atoms with Crippen LogP contribution in [-0.2, 0) is 0 Å². The lowest BCUT2D eigenvalue weighted by atomic mass is 10.1. The zero-order valence-corrected chi connectivity index (χ0v) is 9.31. The molecule has 0 radical (unpaired) electrons. The van der Waals surface area contributed by atoms with Gasteiger partial charge in [0.15, 0.2) is 0 Å². The molecule has 0 heteroatoms.